The van der Waals surface area contributed by atoms with E-state index in [0.29, 0.717) is 19.7 Å². The second-order valence-electron chi connectivity index (χ2n) is 2.64. The SMILES string of the molecule is CCCCCCOCCOC=O. The average Bonchev–Trinajstić information content (AvgIpc) is 2.10. The molecular weight excluding hydrogens is 156 g/mol. The van der Waals surface area contributed by atoms with Crippen LogP contribution >= 0.6 is 0 Å². The minimum Gasteiger partial charge on any atom is -0.465 e. The maximum Gasteiger partial charge on any atom is 0.293 e. The molecule has 0 aliphatic carbocycles. The molecule has 0 saturated heterocycles. The van der Waals surface area contributed by atoms with Crippen molar-refractivity contribution in [3.05, 3.63) is 0 Å². The van der Waals surface area contributed by atoms with Crippen molar-refractivity contribution in [2.75, 3.05) is 19.8 Å². The standard InChI is InChI=1S/C9H18O3/c1-2-3-4-5-6-11-7-8-12-9-10/h9H,2-8H2,1H3. The predicted octanol–water partition coefficient (Wildman–Crippen LogP) is 1.76. The summed E-state index contributed by atoms with van der Waals surface area (Å²) < 4.78 is 9.65. The van der Waals surface area contributed by atoms with E-state index in [1.165, 1.54) is 19.3 Å². The number of ether oxygens (including phenoxy) is 2. The minimum absolute atomic E-state index is 0.372. The monoisotopic (exact) mass is 174 g/mol. The molecule has 0 spiro atoms. The van der Waals surface area contributed by atoms with E-state index >= 15 is 0 Å². The van der Waals surface area contributed by atoms with E-state index in [4.69, 9.17) is 4.74 Å². The smallest absolute Gasteiger partial charge is 0.293 e. The first-order chi connectivity index (χ1) is 5.91. The molecule has 0 aliphatic rings. The third-order valence-corrected chi connectivity index (χ3v) is 1.56. The number of hydrogen-bond donors (Lipinski definition) is 0. The molecule has 72 valence electrons. The predicted molar refractivity (Wildman–Crippen MR) is 47.0 cm³/mol. The van der Waals surface area contributed by atoms with Crippen LogP contribution in [0.25, 0.3) is 0 Å². The van der Waals surface area contributed by atoms with Gasteiger partial charge in [0.2, 0.25) is 0 Å². The summed E-state index contributed by atoms with van der Waals surface area (Å²) in [4.78, 5) is 9.70. The van der Waals surface area contributed by atoms with Crippen molar-refractivity contribution >= 4 is 6.47 Å². The Kier molecular flexibility index (Phi) is 9.93. The van der Waals surface area contributed by atoms with Gasteiger partial charge in [0, 0.05) is 6.61 Å². The lowest BCUT2D eigenvalue weighted by Crippen LogP contribution is -2.04. The highest BCUT2D eigenvalue weighted by atomic mass is 16.5. The first-order valence-corrected chi connectivity index (χ1v) is 4.54. The first-order valence-electron chi connectivity index (χ1n) is 4.54. The van der Waals surface area contributed by atoms with Crippen LogP contribution in [0.3, 0.4) is 0 Å². The highest BCUT2D eigenvalue weighted by Gasteiger charge is 1.89. The zero-order valence-corrected chi connectivity index (χ0v) is 7.75. The zero-order chi connectivity index (χ0) is 9.07. The van der Waals surface area contributed by atoms with Crippen molar-refractivity contribution < 1.29 is 14.3 Å². The van der Waals surface area contributed by atoms with Gasteiger partial charge in [-0.25, -0.2) is 0 Å². The molecular formula is C9H18O3. The molecule has 0 N–H and O–H groups in total. The van der Waals surface area contributed by atoms with Crippen molar-refractivity contribution in [3.63, 3.8) is 0 Å². The van der Waals surface area contributed by atoms with Gasteiger partial charge >= 0.3 is 0 Å². The van der Waals surface area contributed by atoms with Gasteiger partial charge in [-0.3, -0.25) is 4.79 Å². The normalized spacial score (nSPS) is 9.75. The molecule has 0 amide bonds. The fraction of sp³-hybridized carbons (Fsp3) is 0.889. The van der Waals surface area contributed by atoms with Crippen LogP contribution in [0.15, 0.2) is 0 Å². The lowest BCUT2D eigenvalue weighted by atomic mass is 10.2. The van der Waals surface area contributed by atoms with Crippen LogP contribution in [-0.4, -0.2) is 26.3 Å². The van der Waals surface area contributed by atoms with E-state index in [-0.39, 0.29) is 0 Å². The molecule has 0 atom stereocenters. The van der Waals surface area contributed by atoms with Crippen molar-refractivity contribution in [3.8, 4) is 0 Å². The van der Waals surface area contributed by atoms with Crippen LogP contribution in [-0.2, 0) is 14.3 Å². The summed E-state index contributed by atoms with van der Waals surface area (Å²) >= 11 is 0. The summed E-state index contributed by atoms with van der Waals surface area (Å²) in [7, 11) is 0. The Morgan fingerprint density at radius 2 is 1.92 bits per heavy atom. The van der Waals surface area contributed by atoms with Gasteiger partial charge in [0.05, 0.1) is 6.61 Å². The molecule has 0 aromatic heterocycles. The van der Waals surface area contributed by atoms with Crippen LogP contribution in [0.1, 0.15) is 32.6 Å². The number of hydrogen-bond acceptors (Lipinski definition) is 3. The summed E-state index contributed by atoms with van der Waals surface area (Å²) in [6.07, 6.45) is 4.85. The Hall–Kier alpha value is -0.570. The van der Waals surface area contributed by atoms with Crippen LogP contribution in [0.4, 0.5) is 0 Å². The first kappa shape index (κ1) is 11.4. The van der Waals surface area contributed by atoms with E-state index in [1.807, 2.05) is 0 Å². The molecule has 0 bridgehead atoms. The minimum atomic E-state index is 0.372. The Balaban J connectivity index is 2.77. The lowest BCUT2D eigenvalue weighted by Gasteiger charge is -2.02. The molecule has 3 nitrogen and oxygen atoms in total. The summed E-state index contributed by atoms with van der Waals surface area (Å²) in [5.74, 6) is 0. The molecule has 3 heteroatoms. The molecule has 0 heterocycles. The molecule has 0 saturated carbocycles. The summed E-state index contributed by atoms with van der Waals surface area (Å²) in [6.45, 7) is 4.30. The fourth-order valence-corrected chi connectivity index (χ4v) is 0.888. The number of unbranched alkanes of at least 4 members (excludes halogenated alkanes) is 3. The second-order valence-corrected chi connectivity index (χ2v) is 2.64. The number of carbonyl (C=O) groups excluding carboxylic acids is 1. The van der Waals surface area contributed by atoms with E-state index in [2.05, 4.69) is 11.7 Å². The molecule has 0 aromatic rings. The molecule has 0 radical (unpaired) electrons. The van der Waals surface area contributed by atoms with Gasteiger partial charge in [-0.1, -0.05) is 26.2 Å². The Labute approximate surface area is 74.0 Å². The summed E-state index contributed by atoms with van der Waals surface area (Å²) in [6, 6.07) is 0. The van der Waals surface area contributed by atoms with Crippen LogP contribution in [0, 0.1) is 0 Å². The molecule has 0 aliphatic heterocycles. The van der Waals surface area contributed by atoms with Crippen LogP contribution in [0.5, 0.6) is 0 Å². The van der Waals surface area contributed by atoms with Gasteiger partial charge < -0.3 is 9.47 Å². The summed E-state index contributed by atoms with van der Waals surface area (Å²) in [5, 5.41) is 0. The van der Waals surface area contributed by atoms with Gasteiger partial charge in [-0.15, -0.1) is 0 Å². The highest BCUT2D eigenvalue weighted by molar-refractivity contribution is 5.36. The fourth-order valence-electron chi connectivity index (χ4n) is 0.888. The number of rotatable bonds is 9. The highest BCUT2D eigenvalue weighted by Crippen LogP contribution is 1.98. The van der Waals surface area contributed by atoms with Gasteiger partial charge in [0.1, 0.15) is 6.61 Å². The van der Waals surface area contributed by atoms with E-state index in [9.17, 15) is 4.79 Å². The molecule has 0 unspecified atom stereocenters. The maximum atomic E-state index is 9.70. The van der Waals surface area contributed by atoms with E-state index in [1.54, 1.807) is 0 Å². The van der Waals surface area contributed by atoms with Crippen LogP contribution in [0.2, 0.25) is 0 Å². The van der Waals surface area contributed by atoms with Crippen molar-refractivity contribution in [2.45, 2.75) is 32.6 Å². The number of carbonyl (C=O) groups is 1. The second kappa shape index (κ2) is 10.4. The third-order valence-electron chi connectivity index (χ3n) is 1.56. The quantitative estimate of drug-likeness (QED) is 0.394. The topological polar surface area (TPSA) is 35.5 Å². The van der Waals surface area contributed by atoms with Crippen molar-refractivity contribution in [1.29, 1.82) is 0 Å². The summed E-state index contributed by atoms with van der Waals surface area (Å²) in [5.41, 5.74) is 0. The van der Waals surface area contributed by atoms with Crippen molar-refractivity contribution in [2.24, 2.45) is 0 Å². The zero-order valence-electron chi connectivity index (χ0n) is 7.75. The molecule has 0 rings (SSSR count). The van der Waals surface area contributed by atoms with E-state index < -0.39 is 0 Å². The van der Waals surface area contributed by atoms with Gasteiger partial charge in [0.25, 0.3) is 6.47 Å². The van der Waals surface area contributed by atoms with Gasteiger partial charge in [-0.05, 0) is 6.42 Å². The Bertz CT molecular complexity index is 93.8. The molecule has 0 aromatic carbocycles. The largest absolute Gasteiger partial charge is 0.465 e. The Morgan fingerprint density at radius 1 is 1.08 bits per heavy atom. The lowest BCUT2D eigenvalue weighted by molar-refractivity contribution is -0.130. The van der Waals surface area contributed by atoms with E-state index in [0.717, 1.165) is 13.0 Å². The molecule has 0 fully saturated rings. The van der Waals surface area contributed by atoms with Gasteiger partial charge in [-0.2, -0.15) is 0 Å². The Morgan fingerprint density at radius 3 is 2.58 bits per heavy atom. The van der Waals surface area contributed by atoms with Crippen molar-refractivity contribution in [1.82, 2.24) is 0 Å². The van der Waals surface area contributed by atoms with Gasteiger partial charge in [0.15, 0.2) is 0 Å². The third kappa shape index (κ3) is 9.43. The maximum absolute atomic E-state index is 9.70. The average molecular weight is 174 g/mol. The molecule has 12 heavy (non-hydrogen) atoms. The van der Waals surface area contributed by atoms with Crippen LogP contribution < -0.4 is 0 Å².